The molecule has 0 N–H and O–H groups in total. The molecule has 0 atom stereocenters. The molecule has 0 aliphatic heterocycles. The summed E-state index contributed by atoms with van der Waals surface area (Å²) >= 11 is 0. The molecule has 1 aromatic carbocycles. The molecule has 1 rings (SSSR count). The van der Waals surface area contributed by atoms with Crippen molar-refractivity contribution in [1.29, 1.82) is 0 Å². The fourth-order valence-electron chi connectivity index (χ4n) is 1.51. The minimum atomic E-state index is -4.53. The molecule has 7 heteroatoms. The van der Waals surface area contributed by atoms with E-state index in [0.29, 0.717) is 0 Å². The molecule has 0 saturated heterocycles. The first-order valence-corrected chi connectivity index (χ1v) is 7.40. The second-order valence-corrected chi connectivity index (χ2v) is 5.97. The van der Waals surface area contributed by atoms with Gasteiger partial charge in [0, 0.05) is 6.42 Å². The van der Waals surface area contributed by atoms with E-state index in [1.807, 2.05) is 0 Å². The van der Waals surface area contributed by atoms with Crippen molar-refractivity contribution in [2.45, 2.75) is 25.9 Å². The van der Waals surface area contributed by atoms with Crippen LogP contribution in [0.4, 0.5) is 13.2 Å². The van der Waals surface area contributed by atoms with Crippen LogP contribution in [0.3, 0.4) is 0 Å². The average Bonchev–Trinajstić information content (AvgIpc) is 2.32. The number of benzene rings is 1. The summed E-state index contributed by atoms with van der Waals surface area (Å²) in [5.74, 6) is -0.523. The van der Waals surface area contributed by atoms with Gasteiger partial charge in [-0.2, -0.15) is 8.78 Å². The lowest BCUT2D eigenvalue weighted by atomic mass is 10.1. The van der Waals surface area contributed by atoms with Crippen LogP contribution in [0.5, 0.6) is 0 Å². The van der Waals surface area contributed by atoms with Gasteiger partial charge in [0.05, 0.1) is 13.2 Å². The highest BCUT2D eigenvalue weighted by Gasteiger charge is 2.53. The normalized spacial score (nSPS) is 12.7. The van der Waals surface area contributed by atoms with Crippen LogP contribution < -0.4 is 0 Å². The van der Waals surface area contributed by atoms with Crippen LogP contribution in [-0.4, -0.2) is 18.9 Å². The summed E-state index contributed by atoms with van der Waals surface area (Å²) < 4.78 is 62.1. The molecule has 3 nitrogen and oxygen atoms in total. The van der Waals surface area contributed by atoms with Gasteiger partial charge in [-0.3, -0.25) is 4.57 Å². The summed E-state index contributed by atoms with van der Waals surface area (Å²) in [5, 5.41) is 0. The zero-order valence-corrected chi connectivity index (χ0v) is 11.6. The van der Waals surface area contributed by atoms with Crippen molar-refractivity contribution in [3.8, 4) is 0 Å². The third-order valence-electron chi connectivity index (χ3n) is 2.33. The van der Waals surface area contributed by atoms with Crippen LogP contribution in [0.2, 0.25) is 0 Å². The average molecular weight is 296 g/mol. The maximum atomic E-state index is 14.0. The molecule has 0 aliphatic rings. The lowest BCUT2D eigenvalue weighted by Gasteiger charge is -2.25. The fourth-order valence-corrected chi connectivity index (χ4v) is 3.02. The van der Waals surface area contributed by atoms with Crippen molar-refractivity contribution in [2.24, 2.45) is 0 Å². The van der Waals surface area contributed by atoms with Crippen molar-refractivity contribution in [1.82, 2.24) is 0 Å². The molecule has 19 heavy (non-hydrogen) atoms. The summed E-state index contributed by atoms with van der Waals surface area (Å²) in [5.41, 5.74) is -3.50. The molecule has 108 valence electrons. The number of alkyl halides is 2. The van der Waals surface area contributed by atoms with E-state index in [9.17, 15) is 17.7 Å². The lowest BCUT2D eigenvalue weighted by Crippen LogP contribution is -2.23. The Morgan fingerprint density at radius 1 is 1.11 bits per heavy atom. The van der Waals surface area contributed by atoms with Gasteiger partial charge in [-0.15, -0.1) is 0 Å². The molecule has 0 unspecified atom stereocenters. The number of hydrogen-bond acceptors (Lipinski definition) is 3. The van der Waals surface area contributed by atoms with Gasteiger partial charge in [-0.1, -0.05) is 12.1 Å². The van der Waals surface area contributed by atoms with Gasteiger partial charge in [-0.05, 0) is 31.5 Å². The number of halogens is 3. The molecular formula is C12H16F3O3P. The Balaban J connectivity index is 2.93. The zero-order valence-electron chi connectivity index (χ0n) is 10.7. The fraction of sp³-hybridized carbons (Fsp3) is 0.500. The van der Waals surface area contributed by atoms with E-state index < -0.39 is 25.5 Å². The van der Waals surface area contributed by atoms with Crippen molar-refractivity contribution in [3.05, 3.63) is 35.6 Å². The maximum absolute atomic E-state index is 14.0. The van der Waals surface area contributed by atoms with Gasteiger partial charge in [0.2, 0.25) is 0 Å². The predicted octanol–water partition coefficient (Wildman–Crippen LogP) is 4.23. The molecule has 0 aromatic heterocycles. The minimum absolute atomic E-state index is 0.143. The van der Waals surface area contributed by atoms with E-state index in [2.05, 4.69) is 9.05 Å². The second-order valence-electron chi connectivity index (χ2n) is 3.80. The van der Waals surface area contributed by atoms with Crippen molar-refractivity contribution in [3.63, 3.8) is 0 Å². The van der Waals surface area contributed by atoms with Gasteiger partial charge in [0.25, 0.3) is 0 Å². The summed E-state index contributed by atoms with van der Waals surface area (Å²) in [6.45, 7) is 2.63. The lowest BCUT2D eigenvalue weighted by molar-refractivity contribution is 0.0393. The molecule has 0 aliphatic carbocycles. The zero-order chi connectivity index (χ0) is 14.5. The van der Waals surface area contributed by atoms with Gasteiger partial charge in [0.15, 0.2) is 0 Å². The number of hydrogen-bond donors (Lipinski definition) is 0. The summed E-state index contributed by atoms with van der Waals surface area (Å²) in [6.07, 6.45) is -0.829. The Kier molecular flexibility index (Phi) is 5.59. The van der Waals surface area contributed by atoms with Crippen LogP contribution in [0.15, 0.2) is 24.3 Å². The van der Waals surface area contributed by atoms with Crippen molar-refractivity contribution >= 4 is 7.60 Å². The maximum Gasteiger partial charge on any atom is 0.399 e. The first-order chi connectivity index (χ1) is 8.84. The van der Waals surface area contributed by atoms with Crippen LogP contribution in [0, 0.1) is 5.82 Å². The van der Waals surface area contributed by atoms with Crippen LogP contribution >= 0.6 is 7.60 Å². The highest BCUT2D eigenvalue weighted by atomic mass is 31.2. The molecule has 0 heterocycles. The second kappa shape index (κ2) is 6.55. The largest absolute Gasteiger partial charge is 0.399 e. The Bertz CT molecular complexity index is 438. The summed E-state index contributed by atoms with van der Waals surface area (Å²) in [6, 6.07) is 4.56. The highest BCUT2D eigenvalue weighted by molar-refractivity contribution is 7.55. The van der Waals surface area contributed by atoms with Gasteiger partial charge in [-0.25, -0.2) is 4.39 Å². The molecule has 0 fully saturated rings. The highest BCUT2D eigenvalue weighted by Crippen LogP contribution is 2.62. The molecule has 0 saturated carbocycles. The van der Waals surface area contributed by atoms with Crippen LogP contribution in [0.1, 0.15) is 19.4 Å². The van der Waals surface area contributed by atoms with Gasteiger partial charge >= 0.3 is 13.3 Å². The first-order valence-electron chi connectivity index (χ1n) is 5.86. The molecule has 0 radical (unpaired) electrons. The Hall–Kier alpha value is -0.840. The Morgan fingerprint density at radius 3 is 2.00 bits per heavy atom. The summed E-state index contributed by atoms with van der Waals surface area (Å²) in [7, 11) is -4.53. The van der Waals surface area contributed by atoms with Crippen molar-refractivity contribution in [2.75, 3.05) is 13.2 Å². The van der Waals surface area contributed by atoms with E-state index in [-0.39, 0.29) is 18.8 Å². The number of rotatable bonds is 7. The smallest absolute Gasteiger partial charge is 0.305 e. The van der Waals surface area contributed by atoms with E-state index in [4.69, 9.17) is 0 Å². The minimum Gasteiger partial charge on any atom is -0.305 e. The Labute approximate surface area is 110 Å². The van der Waals surface area contributed by atoms with E-state index in [1.54, 1.807) is 0 Å². The van der Waals surface area contributed by atoms with Gasteiger partial charge < -0.3 is 9.05 Å². The molecule has 0 bridgehead atoms. The molecule has 1 aromatic rings. The van der Waals surface area contributed by atoms with Crippen LogP contribution in [-0.2, 0) is 20.0 Å². The first kappa shape index (κ1) is 16.2. The molecular weight excluding hydrogens is 280 g/mol. The standard InChI is InChI=1S/C12H16F3O3P/c1-3-17-19(16,18-4-2)12(14,15)9-10-5-7-11(13)8-6-10/h5-8H,3-4,9H2,1-2H3. The van der Waals surface area contributed by atoms with E-state index in [0.717, 1.165) is 12.1 Å². The van der Waals surface area contributed by atoms with Crippen molar-refractivity contribution < 1.29 is 26.8 Å². The summed E-state index contributed by atoms with van der Waals surface area (Å²) in [4.78, 5) is 0. The third kappa shape index (κ3) is 4.06. The predicted molar refractivity (Wildman–Crippen MR) is 65.9 cm³/mol. The monoisotopic (exact) mass is 296 g/mol. The quantitative estimate of drug-likeness (QED) is 0.706. The molecule has 0 amide bonds. The molecule has 0 spiro atoms. The SMILES string of the molecule is CCOP(=O)(OCC)C(F)(F)Cc1ccc(F)cc1. The van der Waals surface area contributed by atoms with E-state index >= 15 is 0 Å². The topological polar surface area (TPSA) is 35.5 Å². The van der Waals surface area contributed by atoms with Gasteiger partial charge in [0.1, 0.15) is 5.82 Å². The van der Waals surface area contributed by atoms with E-state index in [1.165, 1.54) is 26.0 Å². The third-order valence-corrected chi connectivity index (χ3v) is 4.48. The Morgan fingerprint density at radius 2 is 1.58 bits per heavy atom. The van der Waals surface area contributed by atoms with Crippen LogP contribution in [0.25, 0.3) is 0 Å².